The van der Waals surface area contributed by atoms with Gasteiger partial charge in [-0.2, -0.15) is 0 Å². The highest BCUT2D eigenvalue weighted by molar-refractivity contribution is 5.73. The van der Waals surface area contributed by atoms with Crippen LogP contribution in [0.4, 0.5) is 0 Å². The van der Waals surface area contributed by atoms with Crippen LogP contribution in [0.25, 0.3) is 0 Å². The summed E-state index contributed by atoms with van der Waals surface area (Å²) in [7, 11) is 3.48. The molecule has 40 valence electrons. The van der Waals surface area contributed by atoms with Crippen molar-refractivity contribution in [2.75, 3.05) is 13.3 Å². The Morgan fingerprint density at radius 2 is 2.57 bits per heavy atom. The molecule has 0 bridgehead atoms. The maximum absolute atomic E-state index is 10.1. The van der Waals surface area contributed by atoms with E-state index in [-0.39, 0.29) is 5.97 Å². The first-order chi connectivity index (χ1) is 3.29. The molecule has 3 heteroatoms. The van der Waals surface area contributed by atoms with E-state index in [2.05, 4.69) is 11.8 Å². The molecule has 1 fully saturated rings. The van der Waals surface area contributed by atoms with Crippen molar-refractivity contribution in [3.63, 3.8) is 0 Å². The van der Waals surface area contributed by atoms with Crippen molar-refractivity contribution >= 4 is 5.97 Å². The lowest BCUT2D eigenvalue weighted by molar-refractivity contribution is -0.136. The highest BCUT2D eigenvalue weighted by Gasteiger charge is 2.10. The second-order valence-electron chi connectivity index (χ2n) is 1.47. The summed E-state index contributed by atoms with van der Waals surface area (Å²) in [6.45, 7) is 0.679. The Balaban J connectivity index is 2.40. The van der Waals surface area contributed by atoms with Crippen molar-refractivity contribution in [2.45, 2.75) is 0 Å². The number of carbonyl (C=O) groups is 1. The van der Waals surface area contributed by atoms with E-state index in [0.717, 1.165) is 0 Å². The molecule has 0 aromatic rings. The molecule has 0 radical (unpaired) electrons. The van der Waals surface area contributed by atoms with Crippen LogP contribution in [0, 0.1) is 7.05 Å². The Bertz CT molecular complexity index is 91.7. The second kappa shape index (κ2) is 1.50. The van der Waals surface area contributed by atoms with Crippen LogP contribution >= 0.6 is 0 Å². The molecule has 1 aliphatic heterocycles. The van der Waals surface area contributed by atoms with Crippen LogP contribution in [-0.2, 0) is 9.53 Å². The maximum Gasteiger partial charge on any atom is 0.318 e. The number of hydrogen-bond donors (Lipinski definition) is 0. The Kier molecular flexibility index (Phi) is 0.982. The molecule has 0 aromatic carbocycles. The molecule has 0 spiro atoms. The van der Waals surface area contributed by atoms with Gasteiger partial charge < -0.3 is 9.64 Å². The highest BCUT2D eigenvalue weighted by atomic mass is 16.6. The van der Waals surface area contributed by atoms with Crippen molar-refractivity contribution < 1.29 is 9.53 Å². The largest absolute Gasteiger partial charge is 0.451 e. The molecule has 1 aliphatic rings. The Morgan fingerprint density at radius 3 is 2.71 bits per heavy atom. The van der Waals surface area contributed by atoms with Gasteiger partial charge in [-0.05, 0) is 0 Å². The van der Waals surface area contributed by atoms with Crippen LogP contribution in [0.5, 0.6) is 0 Å². The summed E-state index contributed by atoms with van der Waals surface area (Å²) in [6.07, 6.45) is 0. The SMILES string of the molecule is [CH2-]N1COC(=O)C1. The third-order valence-corrected chi connectivity index (χ3v) is 0.761. The summed E-state index contributed by atoms with van der Waals surface area (Å²) in [5.74, 6) is -0.185. The van der Waals surface area contributed by atoms with Gasteiger partial charge in [-0.3, -0.25) is 11.8 Å². The summed E-state index contributed by atoms with van der Waals surface area (Å²) in [6, 6.07) is 0. The molecule has 1 saturated heterocycles. The number of rotatable bonds is 0. The molecule has 0 N–H and O–H groups in total. The number of hydrogen-bond acceptors (Lipinski definition) is 3. The zero-order valence-corrected chi connectivity index (χ0v) is 3.89. The standard InChI is InChI=1S/C4H6NO2/c1-5-2-4(6)7-3-5/h1-3H2/q-1. The zero-order valence-electron chi connectivity index (χ0n) is 3.89. The lowest BCUT2D eigenvalue weighted by atomic mass is 10.6. The zero-order chi connectivity index (χ0) is 5.28. The predicted octanol–water partition coefficient (Wildman–Crippen LogP) is -0.406. The van der Waals surface area contributed by atoms with Gasteiger partial charge in [0.15, 0.2) is 0 Å². The molecule has 0 amide bonds. The normalized spacial score (nSPS) is 22.7. The van der Waals surface area contributed by atoms with Crippen LogP contribution in [0.15, 0.2) is 0 Å². The molecule has 1 rings (SSSR count). The topological polar surface area (TPSA) is 29.5 Å². The van der Waals surface area contributed by atoms with Gasteiger partial charge in [0.1, 0.15) is 6.73 Å². The summed E-state index contributed by atoms with van der Waals surface area (Å²) in [5.41, 5.74) is 0. The molecule has 3 nitrogen and oxygen atoms in total. The van der Waals surface area contributed by atoms with Gasteiger partial charge in [0.25, 0.3) is 0 Å². The fraction of sp³-hybridized carbons (Fsp3) is 0.500. The first-order valence-corrected chi connectivity index (χ1v) is 2.00. The predicted molar refractivity (Wildman–Crippen MR) is 23.0 cm³/mol. The second-order valence-corrected chi connectivity index (χ2v) is 1.47. The van der Waals surface area contributed by atoms with Crippen LogP contribution in [0.1, 0.15) is 0 Å². The van der Waals surface area contributed by atoms with Crippen molar-refractivity contribution in [1.29, 1.82) is 0 Å². The third kappa shape index (κ3) is 0.899. The van der Waals surface area contributed by atoms with Gasteiger partial charge in [0.2, 0.25) is 0 Å². The smallest absolute Gasteiger partial charge is 0.318 e. The number of carbonyl (C=O) groups excluding carboxylic acids is 1. The van der Waals surface area contributed by atoms with Gasteiger partial charge in [0.05, 0.1) is 6.54 Å². The van der Waals surface area contributed by atoms with Crippen molar-refractivity contribution in [2.24, 2.45) is 0 Å². The molecule has 0 aliphatic carbocycles. The molecular formula is C4H6NO2-. The average Bonchev–Trinajstić information content (AvgIpc) is 1.87. The van der Waals surface area contributed by atoms with Crippen LogP contribution in [0.2, 0.25) is 0 Å². The Morgan fingerprint density at radius 1 is 1.86 bits per heavy atom. The monoisotopic (exact) mass is 100 g/mol. The molecule has 7 heavy (non-hydrogen) atoms. The van der Waals surface area contributed by atoms with Crippen molar-refractivity contribution in [3.8, 4) is 0 Å². The van der Waals surface area contributed by atoms with E-state index in [4.69, 9.17) is 0 Å². The van der Waals surface area contributed by atoms with Crippen molar-refractivity contribution in [1.82, 2.24) is 4.90 Å². The Hall–Kier alpha value is -0.570. The van der Waals surface area contributed by atoms with Gasteiger partial charge in [-0.25, -0.2) is 0 Å². The van der Waals surface area contributed by atoms with Gasteiger partial charge in [-0.1, -0.05) is 0 Å². The summed E-state index contributed by atoms with van der Waals surface area (Å²) >= 11 is 0. The van der Waals surface area contributed by atoms with Gasteiger partial charge in [-0.15, -0.1) is 0 Å². The minimum atomic E-state index is -0.185. The van der Waals surface area contributed by atoms with E-state index in [1.54, 1.807) is 4.90 Å². The molecule has 0 aromatic heterocycles. The minimum absolute atomic E-state index is 0.185. The summed E-state index contributed by atoms with van der Waals surface area (Å²) < 4.78 is 4.49. The lowest BCUT2D eigenvalue weighted by Gasteiger charge is -2.08. The van der Waals surface area contributed by atoms with E-state index in [1.807, 2.05) is 0 Å². The third-order valence-electron chi connectivity index (χ3n) is 0.761. The Labute approximate surface area is 41.9 Å². The fourth-order valence-electron chi connectivity index (χ4n) is 0.437. The van der Waals surface area contributed by atoms with Crippen LogP contribution in [0.3, 0.4) is 0 Å². The average molecular weight is 100 g/mol. The first-order valence-electron chi connectivity index (χ1n) is 2.00. The lowest BCUT2D eigenvalue weighted by Crippen LogP contribution is -2.10. The summed E-state index contributed by atoms with van der Waals surface area (Å²) in [5, 5.41) is 0. The summed E-state index contributed by atoms with van der Waals surface area (Å²) in [4.78, 5) is 11.7. The van der Waals surface area contributed by atoms with E-state index in [1.165, 1.54) is 0 Å². The van der Waals surface area contributed by atoms with E-state index < -0.39 is 0 Å². The number of nitrogens with zero attached hydrogens (tertiary/aromatic N) is 1. The number of ether oxygens (including phenoxy) is 1. The molecular weight excluding hydrogens is 94.0 g/mol. The van der Waals surface area contributed by atoms with Crippen LogP contribution < -0.4 is 0 Å². The highest BCUT2D eigenvalue weighted by Crippen LogP contribution is 1.95. The molecule has 0 saturated carbocycles. The number of cyclic esters (lactones) is 1. The van der Waals surface area contributed by atoms with Gasteiger partial charge in [0, 0.05) is 0 Å². The molecule has 0 unspecified atom stereocenters. The van der Waals surface area contributed by atoms with Crippen LogP contribution in [-0.4, -0.2) is 24.1 Å². The fourth-order valence-corrected chi connectivity index (χ4v) is 0.437. The van der Waals surface area contributed by atoms with E-state index in [9.17, 15) is 4.79 Å². The molecule has 1 heterocycles. The first kappa shape index (κ1) is 4.59. The van der Waals surface area contributed by atoms with Gasteiger partial charge >= 0.3 is 5.97 Å². The quantitative estimate of drug-likeness (QED) is 0.306. The number of esters is 1. The van der Waals surface area contributed by atoms with E-state index in [0.29, 0.717) is 13.3 Å². The maximum atomic E-state index is 10.1. The minimum Gasteiger partial charge on any atom is -0.451 e. The van der Waals surface area contributed by atoms with Crippen molar-refractivity contribution in [3.05, 3.63) is 7.05 Å². The molecule has 0 atom stereocenters. The van der Waals surface area contributed by atoms with E-state index >= 15 is 0 Å².